The van der Waals surface area contributed by atoms with Crippen molar-refractivity contribution in [3.05, 3.63) is 0 Å². The van der Waals surface area contributed by atoms with Crippen molar-refractivity contribution in [2.24, 2.45) is 5.73 Å². The summed E-state index contributed by atoms with van der Waals surface area (Å²) < 4.78 is 53.9. The van der Waals surface area contributed by atoms with Gasteiger partial charge in [0, 0.05) is 20.1 Å². The van der Waals surface area contributed by atoms with Crippen molar-refractivity contribution in [2.75, 3.05) is 139 Å². The predicted octanol–water partition coefficient (Wildman–Crippen LogP) is 0.961. The molecule has 0 aliphatic rings. The lowest BCUT2D eigenvalue weighted by atomic mass is 10.2. The zero-order valence-electron chi connectivity index (χ0n) is 24.7. The highest BCUT2D eigenvalue weighted by molar-refractivity contribution is 5.67. The highest BCUT2D eigenvalue weighted by Gasteiger charge is 2.19. The normalized spacial score (nSPS) is 11.7. The average Bonchev–Trinajstić information content (AvgIpc) is 2.89. The Bertz CT molecular complexity index is 525. The van der Waals surface area contributed by atoms with E-state index in [2.05, 4.69) is 0 Å². The Balaban J connectivity index is 3.16. The summed E-state index contributed by atoms with van der Waals surface area (Å²) in [5, 5.41) is 0. The summed E-state index contributed by atoms with van der Waals surface area (Å²) in [6.07, 6.45) is -0.362. The van der Waals surface area contributed by atoms with Crippen LogP contribution in [0.4, 0.5) is 4.79 Å². The summed E-state index contributed by atoms with van der Waals surface area (Å²) in [6.45, 7) is 15.5. The fourth-order valence-electron chi connectivity index (χ4n) is 2.58. The zero-order valence-corrected chi connectivity index (χ0v) is 24.7. The molecule has 234 valence electrons. The predicted molar refractivity (Wildman–Crippen MR) is 145 cm³/mol. The van der Waals surface area contributed by atoms with Crippen LogP contribution in [0.5, 0.6) is 0 Å². The Morgan fingerprint density at radius 1 is 0.513 bits per heavy atom. The van der Waals surface area contributed by atoms with Crippen LogP contribution >= 0.6 is 0 Å². The molecule has 39 heavy (non-hydrogen) atoms. The molecule has 0 aliphatic carbocycles. The minimum absolute atomic E-state index is 0.362. The molecular weight excluding hydrogens is 516 g/mol. The van der Waals surface area contributed by atoms with Crippen molar-refractivity contribution >= 4 is 6.09 Å². The molecule has 1 amide bonds. The maximum Gasteiger partial charge on any atom is 0.410 e. The third kappa shape index (κ3) is 31.3. The number of hydrogen-bond donors (Lipinski definition) is 1. The van der Waals surface area contributed by atoms with Crippen LogP contribution in [0, 0.1) is 0 Å². The Morgan fingerprint density at radius 2 is 0.769 bits per heavy atom. The number of likely N-dealkylation sites (N-methyl/N-ethyl adjacent to an activating group) is 1. The van der Waals surface area contributed by atoms with Crippen LogP contribution in [0.25, 0.3) is 0 Å². The number of ether oxygens (including phenoxy) is 10. The molecule has 0 aliphatic heterocycles. The van der Waals surface area contributed by atoms with Crippen molar-refractivity contribution in [1.82, 2.24) is 4.90 Å². The number of nitrogens with two attached hydrogens (primary N) is 1. The highest BCUT2D eigenvalue weighted by atomic mass is 16.6. The van der Waals surface area contributed by atoms with E-state index < -0.39 is 5.60 Å². The summed E-state index contributed by atoms with van der Waals surface area (Å²) in [5.74, 6) is 0. The minimum Gasteiger partial charge on any atom is -0.444 e. The zero-order chi connectivity index (χ0) is 28.9. The van der Waals surface area contributed by atoms with E-state index in [9.17, 15) is 4.79 Å². The monoisotopic (exact) mass is 570 g/mol. The van der Waals surface area contributed by atoms with E-state index in [1.807, 2.05) is 20.8 Å². The van der Waals surface area contributed by atoms with Crippen LogP contribution in [0.15, 0.2) is 0 Å². The Hall–Kier alpha value is -1.13. The number of rotatable bonds is 29. The number of carbonyl (C=O) groups excluding carboxylic acids is 1. The molecule has 0 fully saturated rings. The molecule has 2 N–H and O–H groups in total. The number of nitrogens with zero attached hydrogens (tertiary/aromatic N) is 1. The van der Waals surface area contributed by atoms with Crippen LogP contribution < -0.4 is 5.73 Å². The van der Waals surface area contributed by atoms with Crippen molar-refractivity contribution in [1.29, 1.82) is 0 Å². The lowest BCUT2D eigenvalue weighted by molar-refractivity contribution is -0.0252. The molecular formula is C26H54N2O11. The highest BCUT2D eigenvalue weighted by Crippen LogP contribution is 2.08. The van der Waals surface area contributed by atoms with Gasteiger partial charge in [-0.2, -0.15) is 0 Å². The molecule has 0 bridgehead atoms. The Kier molecular flexibility index (Phi) is 27.6. The second kappa shape index (κ2) is 28.4. The molecule has 13 nitrogen and oxygen atoms in total. The van der Waals surface area contributed by atoms with E-state index in [1.54, 1.807) is 7.05 Å². The van der Waals surface area contributed by atoms with Gasteiger partial charge in [0.2, 0.25) is 0 Å². The Labute approximate surface area is 234 Å². The van der Waals surface area contributed by atoms with Crippen molar-refractivity contribution in [2.45, 2.75) is 26.4 Å². The smallest absolute Gasteiger partial charge is 0.410 e. The molecule has 0 aromatic rings. The van der Waals surface area contributed by atoms with Crippen LogP contribution in [-0.4, -0.2) is 156 Å². The van der Waals surface area contributed by atoms with E-state index >= 15 is 0 Å². The molecule has 0 aromatic heterocycles. The van der Waals surface area contributed by atoms with Gasteiger partial charge in [-0.1, -0.05) is 0 Å². The van der Waals surface area contributed by atoms with E-state index in [4.69, 9.17) is 53.1 Å². The molecule has 0 rings (SSSR count). The van der Waals surface area contributed by atoms with Gasteiger partial charge in [0.05, 0.1) is 119 Å². The first-order valence-electron chi connectivity index (χ1n) is 13.7. The second-order valence-electron chi connectivity index (χ2n) is 9.20. The standard InChI is InChI=1S/C26H54N2O11/c1-26(2,3)39-25(29)28(4)6-8-31-10-12-33-14-16-35-18-20-37-22-24-38-23-21-36-19-17-34-15-13-32-11-9-30-7-5-27/h5-24,27H2,1-4H3. The van der Waals surface area contributed by atoms with Gasteiger partial charge >= 0.3 is 6.09 Å². The molecule has 0 spiro atoms. The number of amides is 1. The summed E-state index contributed by atoms with van der Waals surface area (Å²) in [4.78, 5) is 13.3. The third-order valence-electron chi connectivity index (χ3n) is 4.51. The largest absolute Gasteiger partial charge is 0.444 e. The SMILES string of the molecule is CN(CCOCCOCCOCCOCCOCCOCCOCCOCCOCCN)C(=O)OC(C)(C)C. The van der Waals surface area contributed by atoms with Crippen LogP contribution in [0.3, 0.4) is 0 Å². The molecule has 0 aromatic carbocycles. The molecule has 13 heteroatoms. The van der Waals surface area contributed by atoms with Crippen LogP contribution in [0.2, 0.25) is 0 Å². The quantitative estimate of drug-likeness (QED) is 0.128. The number of hydrogen-bond acceptors (Lipinski definition) is 12. The molecule has 0 saturated heterocycles. The number of carbonyl (C=O) groups is 1. The maximum atomic E-state index is 11.8. The van der Waals surface area contributed by atoms with Gasteiger partial charge in [-0.05, 0) is 20.8 Å². The van der Waals surface area contributed by atoms with E-state index in [-0.39, 0.29) is 6.09 Å². The van der Waals surface area contributed by atoms with Gasteiger partial charge in [0.1, 0.15) is 5.60 Å². The summed E-state index contributed by atoms with van der Waals surface area (Å²) in [5.41, 5.74) is 4.82. The lowest BCUT2D eigenvalue weighted by Gasteiger charge is -2.24. The molecule has 0 radical (unpaired) electrons. The first-order chi connectivity index (χ1) is 18.9. The van der Waals surface area contributed by atoms with Gasteiger partial charge < -0.3 is 58.0 Å². The van der Waals surface area contributed by atoms with Crippen molar-refractivity contribution < 1.29 is 52.2 Å². The fourth-order valence-corrected chi connectivity index (χ4v) is 2.58. The topological polar surface area (TPSA) is 139 Å². The van der Waals surface area contributed by atoms with Crippen molar-refractivity contribution in [3.8, 4) is 0 Å². The summed E-state index contributed by atoms with van der Waals surface area (Å²) >= 11 is 0. The van der Waals surface area contributed by atoms with E-state index in [0.29, 0.717) is 132 Å². The first-order valence-corrected chi connectivity index (χ1v) is 13.7. The fraction of sp³-hybridized carbons (Fsp3) is 0.962. The third-order valence-corrected chi connectivity index (χ3v) is 4.51. The first kappa shape index (κ1) is 37.9. The summed E-state index contributed by atoms with van der Waals surface area (Å²) in [7, 11) is 1.68. The van der Waals surface area contributed by atoms with Crippen LogP contribution in [-0.2, 0) is 47.4 Å². The minimum atomic E-state index is -0.506. The summed E-state index contributed by atoms with van der Waals surface area (Å²) in [6, 6.07) is 0. The van der Waals surface area contributed by atoms with Crippen LogP contribution in [0.1, 0.15) is 20.8 Å². The van der Waals surface area contributed by atoms with Crippen molar-refractivity contribution in [3.63, 3.8) is 0 Å². The van der Waals surface area contributed by atoms with Gasteiger partial charge in [0.15, 0.2) is 0 Å². The van der Waals surface area contributed by atoms with Gasteiger partial charge in [0.25, 0.3) is 0 Å². The van der Waals surface area contributed by atoms with Gasteiger partial charge in [-0.15, -0.1) is 0 Å². The second-order valence-corrected chi connectivity index (χ2v) is 9.20. The molecule has 0 atom stereocenters. The van der Waals surface area contributed by atoms with Gasteiger partial charge in [-0.3, -0.25) is 0 Å². The van der Waals surface area contributed by atoms with Gasteiger partial charge in [-0.25, -0.2) is 4.79 Å². The van der Waals surface area contributed by atoms with E-state index in [0.717, 1.165) is 0 Å². The lowest BCUT2D eigenvalue weighted by Crippen LogP contribution is -2.36. The maximum absolute atomic E-state index is 11.8. The molecule has 0 heterocycles. The van der Waals surface area contributed by atoms with E-state index in [1.165, 1.54) is 4.90 Å². The molecule has 0 saturated carbocycles. The Morgan fingerprint density at radius 3 is 1.03 bits per heavy atom. The average molecular weight is 571 g/mol. The molecule has 0 unspecified atom stereocenters.